The van der Waals surface area contributed by atoms with Crippen LogP contribution in [0.25, 0.3) is 5.69 Å². The van der Waals surface area contributed by atoms with Crippen LogP contribution in [0.1, 0.15) is 10.5 Å². The summed E-state index contributed by atoms with van der Waals surface area (Å²) in [5.74, 6) is -1.02. The van der Waals surface area contributed by atoms with Crippen molar-refractivity contribution in [3.8, 4) is 5.69 Å². The van der Waals surface area contributed by atoms with E-state index in [9.17, 15) is 4.79 Å². The number of nitrogens with zero attached hydrogens (tertiary/aromatic N) is 2. The maximum Gasteiger partial charge on any atom is 0.356 e. The minimum Gasteiger partial charge on any atom is -0.476 e. The van der Waals surface area contributed by atoms with E-state index in [1.165, 1.54) is 10.7 Å². The summed E-state index contributed by atoms with van der Waals surface area (Å²) in [6, 6.07) is 8.91. The van der Waals surface area contributed by atoms with E-state index < -0.39 is 5.97 Å². The number of aromatic nitrogens is 2. The monoisotopic (exact) mass is 266 g/mol. The Kier molecular flexibility index (Phi) is 2.55. The number of aromatic carboxylic acids is 1. The number of hydrogen-bond donors (Lipinski definition) is 1. The molecule has 1 aromatic carbocycles. The van der Waals surface area contributed by atoms with E-state index in [0.29, 0.717) is 0 Å². The summed E-state index contributed by atoms with van der Waals surface area (Å²) in [5.41, 5.74) is 0.864. The molecule has 2 rings (SSSR count). The van der Waals surface area contributed by atoms with Crippen molar-refractivity contribution in [1.29, 1.82) is 0 Å². The highest BCUT2D eigenvalue weighted by molar-refractivity contribution is 9.10. The first kappa shape index (κ1) is 9.92. The minimum atomic E-state index is -1.02. The number of carboxylic acid groups (broad SMARTS) is 1. The van der Waals surface area contributed by atoms with Gasteiger partial charge in [-0.1, -0.05) is 15.9 Å². The molecule has 0 saturated heterocycles. The molecular formula is C10H7BrN2O2. The van der Waals surface area contributed by atoms with Crippen LogP contribution < -0.4 is 0 Å². The van der Waals surface area contributed by atoms with Crippen molar-refractivity contribution < 1.29 is 9.90 Å². The van der Waals surface area contributed by atoms with E-state index in [2.05, 4.69) is 21.0 Å². The van der Waals surface area contributed by atoms with Crippen molar-refractivity contribution in [2.24, 2.45) is 0 Å². The normalized spacial score (nSPS) is 10.2. The zero-order chi connectivity index (χ0) is 10.8. The Hall–Kier alpha value is -1.62. The smallest absolute Gasteiger partial charge is 0.356 e. The molecule has 1 heterocycles. The second-order valence-corrected chi connectivity index (χ2v) is 3.84. The Morgan fingerprint density at radius 2 is 1.93 bits per heavy atom. The van der Waals surface area contributed by atoms with Gasteiger partial charge in [-0.05, 0) is 30.3 Å². The van der Waals surface area contributed by atoms with Crippen LogP contribution in [0.5, 0.6) is 0 Å². The van der Waals surface area contributed by atoms with Crippen LogP contribution in [0.3, 0.4) is 0 Å². The van der Waals surface area contributed by atoms with Crippen LogP contribution >= 0.6 is 15.9 Å². The number of halogens is 1. The van der Waals surface area contributed by atoms with Gasteiger partial charge in [-0.25, -0.2) is 9.48 Å². The van der Waals surface area contributed by atoms with Crippen molar-refractivity contribution >= 4 is 21.9 Å². The van der Waals surface area contributed by atoms with Crippen LogP contribution in [0.15, 0.2) is 41.0 Å². The first-order valence-electron chi connectivity index (χ1n) is 4.22. The van der Waals surface area contributed by atoms with Crippen LogP contribution in [0.4, 0.5) is 0 Å². The van der Waals surface area contributed by atoms with E-state index in [4.69, 9.17) is 5.11 Å². The molecule has 0 bridgehead atoms. The first-order chi connectivity index (χ1) is 7.16. The second-order valence-electron chi connectivity index (χ2n) is 2.93. The number of hydrogen-bond acceptors (Lipinski definition) is 2. The van der Waals surface area contributed by atoms with Gasteiger partial charge in [0.1, 0.15) is 0 Å². The fraction of sp³-hybridized carbons (Fsp3) is 0. The molecule has 0 aliphatic heterocycles. The Balaban J connectivity index is 2.37. The maximum absolute atomic E-state index is 10.6. The third-order valence-corrected chi connectivity index (χ3v) is 2.43. The van der Waals surface area contributed by atoms with Crippen LogP contribution in [0, 0.1) is 0 Å². The summed E-state index contributed by atoms with van der Waals surface area (Å²) in [6.07, 6.45) is 1.62. The van der Waals surface area contributed by atoms with Gasteiger partial charge in [0.25, 0.3) is 0 Å². The van der Waals surface area contributed by atoms with Crippen molar-refractivity contribution in [3.63, 3.8) is 0 Å². The lowest BCUT2D eigenvalue weighted by Gasteiger charge is -2.00. The highest BCUT2D eigenvalue weighted by atomic mass is 79.9. The quantitative estimate of drug-likeness (QED) is 0.908. The lowest BCUT2D eigenvalue weighted by atomic mass is 10.3. The number of carboxylic acids is 1. The average Bonchev–Trinajstić information content (AvgIpc) is 2.68. The Morgan fingerprint density at radius 1 is 1.27 bits per heavy atom. The van der Waals surface area contributed by atoms with E-state index >= 15 is 0 Å². The third-order valence-electron chi connectivity index (χ3n) is 1.90. The molecule has 0 aliphatic rings. The molecule has 76 valence electrons. The lowest BCUT2D eigenvalue weighted by molar-refractivity contribution is 0.0690. The van der Waals surface area contributed by atoms with E-state index in [1.807, 2.05) is 24.3 Å². The van der Waals surface area contributed by atoms with Crippen molar-refractivity contribution in [1.82, 2.24) is 9.78 Å². The summed E-state index contributed by atoms with van der Waals surface area (Å²) >= 11 is 3.32. The second kappa shape index (κ2) is 3.86. The predicted octanol–water partition coefficient (Wildman–Crippen LogP) is 2.33. The van der Waals surface area contributed by atoms with Crippen LogP contribution in [-0.2, 0) is 0 Å². The maximum atomic E-state index is 10.6. The number of rotatable bonds is 2. The molecule has 5 heteroatoms. The molecule has 0 saturated carbocycles. The third kappa shape index (κ3) is 2.07. The van der Waals surface area contributed by atoms with Gasteiger partial charge in [0.2, 0.25) is 0 Å². The molecule has 0 fully saturated rings. The summed E-state index contributed by atoms with van der Waals surface area (Å²) in [7, 11) is 0. The van der Waals surface area contributed by atoms with Gasteiger partial charge in [-0.3, -0.25) is 0 Å². The molecule has 0 unspecified atom stereocenters. The molecule has 0 aliphatic carbocycles. The average molecular weight is 267 g/mol. The fourth-order valence-electron chi connectivity index (χ4n) is 1.18. The van der Waals surface area contributed by atoms with E-state index in [1.54, 1.807) is 6.20 Å². The van der Waals surface area contributed by atoms with Gasteiger partial charge in [0, 0.05) is 10.7 Å². The van der Waals surface area contributed by atoms with Gasteiger partial charge in [-0.2, -0.15) is 5.10 Å². The largest absolute Gasteiger partial charge is 0.476 e. The molecule has 15 heavy (non-hydrogen) atoms. The summed E-state index contributed by atoms with van der Waals surface area (Å²) in [4.78, 5) is 10.6. The molecule has 0 amide bonds. The van der Waals surface area contributed by atoms with Gasteiger partial charge in [-0.15, -0.1) is 0 Å². The first-order valence-corrected chi connectivity index (χ1v) is 5.01. The van der Waals surface area contributed by atoms with Gasteiger partial charge in [0.05, 0.1) is 5.69 Å². The van der Waals surface area contributed by atoms with Gasteiger partial charge < -0.3 is 5.11 Å². The van der Waals surface area contributed by atoms with Crippen LogP contribution in [0.2, 0.25) is 0 Å². The predicted molar refractivity (Wildman–Crippen MR) is 58.2 cm³/mol. The van der Waals surface area contributed by atoms with Crippen molar-refractivity contribution in [3.05, 3.63) is 46.7 Å². The topological polar surface area (TPSA) is 55.1 Å². The molecule has 2 aromatic rings. The Labute approximate surface area is 94.3 Å². The molecule has 0 atom stereocenters. The minimum absolute atomic E-state index is 0.0397. The lowest BCUT2D eigenvalue weighted by Crippen LogP contribution is -2.00. The Morgan fingerprint density at radius 3 is 2.47 bits per heavy atom. The molecule has 4 nitrogen and oxygen atoms in total. The Bertz CT molecular complexity index is 490. The van der Waals surface area contributed by atoms with Crippen molar-refractivity contribution in [2.75, 3.05) is 0 Å². The van der Waals surface area contributed by atoms with Crippen LogP contribution in [-0.4, -0.2) is 20.9 Å². The zero-order valence-corrected chi connectivity index (χ0v) is 9.18. The number of carbonyl (C=O) groups is 1. The molecule has 0 spiro atoms. The molecule has 1 N–H and O–H groups in total. The number of benzene rings is 1. The van der Waals surface area contributed by atoms with Gasteiger partial charge >= 0.3 is 5.97 Å². The SMILES string of the molecule is O=C(O)c1ccn(-c2ccc(Br)cc2)n1. The van der Waals surface area contributed by atoms with E-state index in [0.717, 1.165) is 10.2 Å². The summed E-state index contributed by atoms with van der Waals surface area (Å²) < 4.78 is 2.49. The standard InChI is InChI=1S/C10H7BrN2O2/c11-7-1-3-8(4-2-7)13-6-5-9(12-13)10(14)15/h1-6H,(H,14,15). The van der Waals surface area contributed by atoms with Crippen molar-refractivity contribution in [2.45, 2.75) is 0 Å². The molecular weight excluding hydrogens is 260 g/mol. The summed E-state index contributed by atoms with van der Waals surface area (Å²) in [5, 5.41) is 12.6. The fourth-order valence-corrected chi connectivity index (χ4v) is 1.44. The molecule has 0 radical (unpaired) electrons. The summed E-state index contributed by atoms with van der Waals surface area (Å²) in [6.45, 7) is 0. The zero-order valence-electron chi connectivity index (χ0n) is 7.59. The molecule has 1 aromatic heterocycles. The highest BCUT2D eigenvalue weighted by Crippen LogP contribution is 2.13. The highest BCUT2D eigenvalue weighted by Gasteiger charge is 2.07. The van der Waals surface area contributed by atoms with Gasteiger partial charge in [0.15, 0.2) is 5.69 Å². The van der Waals surface area contributed by atoms with E-state index in [-0.39, 0.29) is 5.69 Å².